The Morgan fingerprint density at radius 2 is 1.94 bits per heavy atom. The van der Waals surface area contributed by atoms with Crippen LogP contribution in [0.1, 0.15) is 43.1 Å². The van der Waals surface area contributed by atoms with Gasteiger partial charge >= 0.3 is 0 Å². The lowest BCUT2D eigenvalue weighted by atomic mass is 9.79. The smallest absolute Gasteiger partial charge is 0.229 e. The van der Waals surface area contributed by atoms with Crippen LogP contribution in [0, 0.1) is 5.41 Å². The topological polar surface area (TPSA) is 49.3 Å². The molecule has 0 N–H and O–H groups in total. The third-order valence-corrected chi connectivity index (χ3v) is 7.13. The summed E-state index contributed by atoms with van der Waals surface area (Å²) in [5, 5.41) is 2.10. The first-order valence-electron chi connectivity index (χ1n) is 11.2. The fraction of sp³-hybridized carbons (Fsp3) is 0.423. The lowest BCUT2D eigenvalue weighted by molar-refractivity contribution is -0.138. The van der Waals surface area contributed by atoms with E-state index in [0.29, 0.717) is 5.92 Å². The SMILES string of the molecule is CC(C)c1ncc(CN2CCC(Cc3cccc(-c4cccs4)c3)(C(=O)N(C)C)C2)cn1. The molecule has 3 heterocycles. The van der Waals surface area contributed by atoms with Gasteiger partial charge in [-0.3, -0.25) is 9.69 Å². The maximum absolute atomic E-state index is 13.4. The molecule has 1 saturated heterocycles. The fourth-order valence-electron chi connectivity index (χ4n) is 4.63. The molecule has 1 atom stereocenters. The molecule has 1 amide bonds. The summed E-state index contributed by atoms with van der Waals surface area (Å²) in [4.78, 5) is 27.8. The third-order valence-electron chi connectivity index (χ3n) is 6.22. The molecule has 0 aliphatic carbocycles. The normalized spacial score (nSPS) is 18.9. The number of thiophene rings is 1. The Hall–Kier alpha value is -2.57. The zero-order chi connectivity index (χ0) is 22.7. The molecule has 4 rings (SSSR count). The highest BCUT2D eigenvalue weighted by Gasteiger charge is 2.45. The Balaban J connectivity index is 1.53. The number of carbonyl (C=O) groups excluding carboxylic acids is 1. The van der Waals surface area contributed by atoms with Gasteiger partial charge in [-0.05, 0) is 42.0 Å². The van der Waals surface area contributed by atoms with Crippen LogP contribution in [0.25, 0.3) is 10.4 Å². The van der Waals surface area contributed by atoms with Crippen molar-refractivity contribution in [2.75, 3.05) is 27.2 Å². The van der Waals surface area contributed by atoms with Crippen molar-refractivity contribution in [1.29, 1.82) is 0 Å². The minimum Gasteiger partial charge on any atom is -0.348 e. The van der Waals surface area contributed by atoms with Crippen molar-refractivity contribution < 1.29 is 4.79 Å². The summed E-state index contributed by atoms with van der Waals surface area (Å²) in [7, 11) is 3.74. The van der Waals surface area contributed by atoms with Crippen LogP contribution in [0.5, 0.6) is 0 Å². The standard InChI is InChI=1S/C26H32N4OS/c1-19(2)24-27-15-21(16-28-24)17-30-11-10-26(18-30,25(31)29(3)4)14-20-7-5-8-22(13-20)23-9-6-12-32-23/h5-9,12-13,15-16,19H,10-11,14,17-18H2,1-4H3. The monoisotopic (exact) mass is 448 g/mol. The number of carbonyl (C=O) groups is 1. The lowest BCUT2D eigenvalue weighted by Gasteiger charge is -2.31. The number of rotatable bonds is 7. The zero-order valence-corrected chi connectivity index (χ0v) is 20.2. The van der Waals surface area contributed by atoms with E-state index in [1.807, 2.05) is 26.5 Å². The van der Waals surface area contributed by atoms with Crippen LogP contribution in [0.4, 0.5) is 0 Å². The van der Waals surface area contributed by atoms with Gasteiger partial charge in [0.05, 0.1) is 5.41 Å². The highest BCUT2D eigenvalue weighted by Crippen LogP contribution is 2.37. The Kier molecular flexibility index (Phi) is 6.72. The Morgan fingerprint density at radius 3 is 2.59 bits per heavy atom. The minimum absolute atomic E-state index is 0.216. The molecule has 5 nitrogen and oxygen atoms in total. The number of amides is 1. The molecule has 0 saturated carbocycles. The number of aromatic nitrogens is 2. The van der Waals surface area contributed by atoms with Gasteiger partial charge in [-0.1, -0.05) is 44.2 Å². The molecule has 1 unspecified atom stereocenters. The average Bonchev–Trinajstić information content (AvgIpc) is 3.45. The summed E-state index contributed by atoms with van der Waals surface area (Å²) in [6.45, 7) is 6.62. The van der Waals surface area contributed by atoms with Gasteiger partial charge in [-0.25, -0.2) is 9.97 Å². The molecule has 3 aromatic rings. The molecule has 1 aliphatic heterocycles. The number of nitrogens with zero attached hydrogens (tertiary/aromatic N) is 4. The summed E-state index contributed by atoms with van der Waals surface area (Å²) < 4.78 is 0. The molecular weight excluding hydrogens is 416 g/mol. The zero-order valence-electron chi connectivity index (χ0n) is 19.4. The first kappa shape index (κ1) is 22.6. The molecular formula is C26H32N4OS. The Bertz CT molecular complexity index is 1050. The molecule has 0 bridgehead atoms. The molecule has 168 valence electrons. The second-order valence-electron chi connectivity index (χ2n) is 9.40. The molecule has 1 aromatic carbocycles. The number of hydrogen-bond acceptors (Lipinski definition) is 5. The van der Waals surface area contributed by atoms with Crippen LogP contribution in [-0.4, -0.2) is 52.9 Å². The molecule has 0 radical (unpaired) electrons. The second kappa shape index (κ2) is 9.51. The predicted octanol–water partition coefficient (Wildman–Crippen LogP) is 4.85. The van der Waals surface area contributed by atoms with Crippen molar-refractivity contribution in [3.63, 3.8) is 0 Å². The number of likely N-dealkylation sites (tertiary alicyclic amines) is 1. The van der Waals surface area contributed by atoms with E-state index < -0.39 is 5.41 Å². The maximum Gasteiger partial charge on any atom is 0.229 e. The fourth-order valence-corrected chi connectivity index (χ4v) is 5.36. The van der Waals surface area contributed by atoms with Gasteiger partial charge in [0.1, 0.15) is 5.82 Å². The average molecular weight is 449 g/mol. The van der Waals surface area contributed by atoms with Crippen molar-refractivity contribution in [2.45, 2.75) is 39.2 Å². The van der Waals surface area contributed by atoms with E-state index in [-0.39, 0.29) is 5.91 Å². The van der Waals surface area contributed by atoms with Gasteiger partial charge in [-0.15, -0.1) is 11.3 Å². The predicted molar refractivity (Wildman–Crippen MR) is 131 cm³/mol. The summed E-state index contributed by atoms with van der Waals surface area (Å²) in [6, 6.07) is 12.9. The highest BCUT2D eigenvalue weighted by atomic mass is 32.1. The van der Waals surface area contributed by atoms with Crippen molar-refractivity contribution in [2.24, 2.45) is 5.41 Å². The molecule has 32 heavy (non-hydrogen) atoms. The lowest BCUT2D eigenvalue weighted by Crippen LogP contribution is -2.43. The molecule has 1 aliphatic rings. The first-order valence-corrected chi connectivity index (χ1v) is 12.1. The van der Waals surface area contributed by atoms with Crippen molar-refractivity contribution in [1.82, 2.24) is 19.8 Å². The van der Waals surface area contributed by atoms with Crippen molar-refractivity contribution in [3.05, 3.63) is 71.1 Å². The van der Waals surface area contributed by atoms with Gasteiger partial charge in [0.2, 0.25) is 5.91 Å². The van der Waals surface area contributed by atoms with Crippen molar-refractivity contribution >= 4 is 17.2 Å². The van der Waals surface area contributed by atoms with Crippen LogP contribution in [0.3, 0.4) is 0 Å². The van der Waals surface area contributed by atoms with E-state index in [1.165, 1.54) is 16.0 Å². The van der Waals surface area contributed by atoms with Crippen LogP contribution in [0.15, 0.2) is 54.2 Å². The summed E-state index contributed by atoms with van der Waals surface area (Å²) >= 11 is 1.75. The van der Waals surface area contributed by atoms with E-state index >= 15 is 0 Å². The largest absolute Gasteiger partial charge is 0.348 e. The van der Waals surface area contributed by atoms with Crippen LogP contribution in [0.2, 0.25) is 0 Å². The van der Waals surface area contributed by atoms with Gasteiger partial charge in [0.15, 0.2) is 0 Å². The minimum atomic E-state index is -0.406. The van der Waals surface area contributed by atoms with Crippen LogP contribution in [-0.2, 0) is 17.8 Å². The number of hydrogen-bond donors (Lipinski definition) is 0. The first-order chi connectivity index (χ1) is 15.4. The third kappa shape index (κ3) is 4.92. The highest BCUT2D eigenvalue weighted by molar-refractivity contribution is 7.13. The van der Waals surface area contributed by atoms with Crippen LogP contribution < -0.4 is 0 Å². The van der Waals surface area contributed by atoms with E-state index in [2.05, 4.69) is 70.5 Å². The van der Waals surface area contributed by atoms with E-state index in [1.54, 1.807) is 16.2 Å². The van der Waals surface area contributed by atoms with E-state index in [4.69, 9.17) is 0 Å². The van der Waals surface area contributed by atoms with Gasteiger partial charge in [0, 0.05) is 55.9 Å². The van der Waals surface area contributed by atoms with E-state index in [0.717, 1.165) is 43.9 Å². The summed E-state index contributed by atoms with van der Waals surface area (Å²) in [6.07, 6.45) is 5.47. The van der Waals surface area contributed by atoms with E-state index in [9.17, 15) is 4.79 Å². The molecule has 1 fully saturated rings. The Morgan fingerprint density at radius 1 is 1.16 bits per heavy atom. The van der Waals surface area contributed by atoms with Crippen molar-refractivity contribution in [3.8, 4) is 10.4 Å². The van der Waals surface area contributed by atoms with Crippen LogP contribution >= 0.6 is 11.3 Å². The maximum atomic E-state index is 13.4. The Labute approximate surface area is 195 Å². The molecule has 2 aromatic heterocycles. The summed E-state index contributed by atoms with van der Waals surface area (Å²) in [5.41, 5.74) is 3.14. The quantitative estimate of drug-likeness (QED) is 0.518. The van der Waals surface area contributed by atoms with Gasteiger partial charge in [0.25, 0.3) is 0 Å². The molecule has 6 heteroatoms. The summed E-state index contributed by atoms with van der Waals surface area (Å²) in [5.74, 6) is 1.41. The second-order valence-corrected chi connectivity index (χ2v) is 10.3. The number of benzene rings is 1. The van der Waals surface area contributed by atoms with Gasteiger partial charge < -0.3 is 4.90 Å². The van der Waals surface area contributed by atoms with Gasteiger partial charge in [-0.2, -0.15) is 0 Å². The molecule has 0 spiro atoms.